The predicted octanol–water partition coefficient (Wildman–Crippen LogP) is 1.74. The molecule has 0 saturated heterocycles. The number of rotatable bonds is 4. The Hall–Kier alpha value is -2.31. The molecule has 7 nitrogen and oxygen atoms in total. The molecule has 0 aliphatic rings. The number of nitrogens with zero attached hydrogens (tertiary/aromatic N) is 1. The average Bonchev–Trinajstić information content (AvgIpc) is 2.29. The number of carbonyl (C=O) groups excluding carboxylic acids is 1. The largest absolute Gasteiger partial charge is 0.494 e. The summed E-state index contributed by atoms with van der Waals surface area (Å²) >= 11 is 0. The van der Waals surface area contributed by atoms with Gasteiger partial charge >= 0.3 is 6.03 Å². The monoisotopic (exact) mass is 239 g/mol. The first-order chi connectivity index (χ1) is 8.08. The van der Waals surface area contributed by atoms with Gasteiger partial charge in [0.2, 0.25) is 0 Å². The number of amides is 2. The Morgan fingerprint density at radius 3 is 2.76 bits per heavy atom. The quantitative estimate of drug-likeness (QED) is 0.618. The van der Waals surface area contributed by atoms with Crippen LogP contribution in [0.1, 0.15) is 6.92 Å². The molecule has 0 aliphatic heterocycles. The van der Waals surface area contributed by atoms with Gasteiger partial charge in [-0.15, -0.1) is 0 Å². The highest BCUT2D eigenvalue weighted by molar-refractivity contribution is 5.91. The number of benzene rings is 1. The molecule has 1 rings (SSSR count). The fraction of sp³-hybridized carbons (Fsp3) is 0.300. The van der Waals surface area contributed by atoms with Crippen molar-refractivity contribution < 1.29 is 14.5 Å². The number of nitrogens with one attached hydrogen (secondary N) is 2. The normalized spacial score (nSPS) is 9.53. The molecule has 1 aromatic rings. The van der Waals surface area contributed by atoms with Gasteiger partial charge in [0.25, 0.3) is 5.69 Å². The summed E-state index contributed by atoms with van der Waals surface area (Å²) in [7, 11) is 1.38. The maximum atomic E-state index is 11.3. The summed E-state index contributed by atoms with van der Waals surface area (Å²) in [5.74, 6) is 0.241. The Bertz CT molecular complexity index is 434. The van der Waals surface area contributed by atoms with Crippen LogP contribution in [0.5, 0.6) is 5.75 Å². The van der Waals surface area contributed by atoms with E-state index in [1.54, 1.807) is 6.92 Å². The Kier molecular flexibility index (Phi) is 4.27. The van der Waals surface area contributed by atoms with Gasteiger partial charge in [0.15, 0.2) is 0 Å². The minimum Gasteiger partial charge on any atom is -0.494 e. The van der Waals surface area contributed by atoms with Gasteiger partial charge in [-0.3, -0.25) is 10.1 Å². The first kappa shape index (κ1) is 12.8. The van der Waals surface area contributed by atoms with Gasteiger partial charge < -0.3 is 15.4 Å². The van der Waals surface area contributed by atoms with Gasteiger partial charge in [0.05, 0.1) is 23.8 Å². The second-order valence-corrected chi connectivity index (χ2v) is 3.13. The van der Waals surface area contributed by atoms with Crippen LogP contribution in [0.4, 0.5) is 16.2 Å². The molecule has 2 amide bonds. The minimum absolute atomic E-state index is 0.0942. The van der Waals surface area contributed by atoms with Crippen LogP contribution in [0.25, 0.3) is 0 Å². The molecule has 0 aromatic heterocycles. The number of urea groups is 1. The molecule has 0 fully saturated rings. The van der Waals surface area contributed by atoms with Crippen LogP contribution < -0.4 is 15.4 Å². The smallest absolute Gasteiger partial charge is 0.319 e. The Balaban J connectivity index is 2.92. The van der Waals surface area contributed by atoms with E-state index >= 15 is 0 Å². The highest BCUT2D eigenvalue weighted by atomic mass is 16.6. The zero-order chi connectivity index (χ0) is 12.8. The van der Waals surface area contributed by atoms with E-state index in [9.17, 15) is 14.9 Å². The number of ether oxygens (including phenoxy) is 1. The summed E-state index contributed by atoms with van der Waals surface area (Å²) in [5, 5.41) is 15.6. The van der Waals surface area contributed by atoms with Gasteiger partial charge in [-0.1, -0.05) is 0 Å². The zero-order valence-corrected chi connectivity index (χ0v) is 9.52. The van der Waals surface area contributed by atoms with E-state index in [-0.39, 0.29) is 17.5 Å². The van der Waals surface area contributed by atoms with Crippen LogP contribution >= 0.6 is 0 Å². The molecule has 7 heteroatoms. The van der Waals surface area contributed by atoms with E-state index in [4.69, 9.17) is 4.74 Å². The summed E-state index contributed by atoms with van der Waals surface area (Å²) in [4.78, 5) is 21.3. The SMILES string of the molecule is CCNC(=O)Nc1ccc([N+](=O)[O-])cc1OC. The summed E-state index contributed by atoms with van der Waals surface area (Å²) in [6.45, 7) is 2.27. The first-order valence-electron chi connectivity index (χ1n) is 4.95. The number of methoxy groups -OCH3 is 1. The van der Waals surface area contributed by atoms with Crippen molar-refractivity contribution in [3.63, 3.8) is 0 Å². The number of non-ortho nitro benzene ring substituents is 1. The fourth-order valence-electron chi connectivity index (χ4n) is 1.22. The van der Waals surface area contributed by atoms with E-state index in [2.05, 4.69) is 10.6 Å². The maximum absolute atomic E-state index is 11.3. The number of carbonyl (C=O) groups is 1. The molecule has 0 aliphatic carbocycles. The van der Waals surface area contributed by atoms with E-state index in [1.165, 1.54) is 25.3 Å². The third kappa shape index (κ3) is 3.33. The molecule has 0 bridgehead atoms. The van der Waals surface area contributed by atoms with Crippen LogP contribution in [-0.2, 0) is 0 Å². The Labute approximate surface area is 97.9 Å². The number of hydrogen-bond donors (Lipinski definition) is 2. The maximum Gasteiger partial charge on any atom is 0.319 e. The van der Waals surface area contributed by atoms with Crippen molar-refractivity contribution >= 4 is 17.4 Å². The standard InChI is InChI=1S/C10H13N3O4/c1-3-11-10(14)12-8-5-4-7(13(15)16)6-9(8)17-2/h4-6H,3H2,1-2H3,(H2,11,12,14). The van der Waals surface area contributed by atoms with E-state index < -0.39 is 4.92 Å². The molecule has 17 heavy (non-hydrogen) atoms. The van der Waals surface area contributed by atoms with Crippen molar-refractivity contribution in [2.45, 2.75) is 6.92 Å². The average molecular weight is 239 g/mol. The Morgan fingerprint density at radius 2 is 2.24 bits per heavy atom. The van der Waals surface area contributed by atoms with Crippen molar-refractivity contribution in [3.05, 3.63) is 28.3 Å². The summed E-state index contributed by atoms with van der Waals surface area (Å²) in [5.41, 5.74) is 0.285. The molecule has 0 unspecified atom stereocenters. The van der Waals surface area contributed by atoms with Gasteiger partial charge in [-0.2, -0.15) is 0 Å². The molecule has 0 saturated carbocycles. The molecule has 2 N–H and O–H groups in total. The first-order valence-corrected chi connectivity index (χ1v) is 4.95. The molecule has 0 atom stereocenters. The van der Waals surface area contributed by atoms with Crippen LogP contribution in [0.2, 0.25) is 0 Å². The van der Waals surface area contributed by atoms with E-state index in [0.717, 1.165) is 0 Å². The van der Waals surface area contributed by atoms with Crippen molar-refractivity contribution in [3.8, 4) is 5.75 Å². The summed E-state index contributed by atoms with van der Waals surface area (Å²) in [6, 6.07) is 3.58. The summed E-state index contributed by atoms with van der Waals surface area (Å²) in [6.07, 6.45) is 0. The minimum atomic E-state index is -0.529. The number of anilines is 1. The van der Waals surface area contributed by atoms with Crippen LogP contribution in [-0.4, -0.2) is 24.6 Å². The topological polar surface area (TPSA) is 93.5 Å². The lowest BCUT2D eigenvalue weighted by Crippen LogP contribution is -2.28. The second-order valence-electron chi connectivity index (χ2n) is 3.13. The molecular formula is C10H13N3O4. The van der Waals surface area contributed by atoms with E-state index in [0.29, 0.717) is 12.2 Å². The van der Waals surface area contributed by atoms with Crippen molar-refractivity contribution in [2.24, 2.45) is 0 Å². The predicted molar refractivity (Wildman–Crippen MR) is 62.3 cm³/mol. The van der Waals surface area contributed by atoms with Crippen molar-refractivity contribution in [2.75, 3.05) is 19.0 Å². The number of nitro groups is 1. The Morgan fingerprint density at radius 1 is 1.53 bits per heavy atom. The molecule has 1 aromatic carbocycles. The summed E-state index contributed by atoms with van der Waals surface area (Å²) < 4.78 is 4.97. The van der Waals surface area contributed by atoms with Crippen molar-refractivity contribution in [1.29, 1.82) is 0 Å². The third-order valence-corrected chi connectivity index (χ3v) is 1.98. The highest BCUT2D eigenvalue weighted by Gasteiger charge is 2.12. The van der Waals surface area contributed by atoms with Gasteiger partial charge in [-0.05, 0) is 13.0 Å². The molecule has 0 spiro atoms. The van der Waals surface area contributed by atoms with Crippen LogP contribution in [0, 0.1) is 10.1 Å². The zero-order valence-electron chi connectivity index (χ0n) is 9.52. The second kappa shape index (κ2) is 5.69. The fourth-order valence-corrected chi connectivity index (χ4v) is 1.22. The lowest BCUT2D eigenvalue weighted by molar-refractivity contribution is -0.384. The van der Waals surface area contributed by atoms with Crippen LogP contribution in [0.15, 0.2) is 18.2 Å². The molecule has 92 valence electrons. The van der Waals surface area contributed by atoms with E-state index in [1.807, 2.05) is 0 Å². The van der Waals surface area contributed by atoms with Gasteiger partial charge in [0, 0.05) is 12.6 Å². The van der Waals surface area contributed by atoms with Crippen LogP contribution in [0.3, 0.4) is 0 Å². The van der Waals surface area contributed by atoms with Gasteiger partial charge in [-0.25, -0.2) is 4.79 Å². The molecule has 0 heterocycles. The molecular weight excluding hydrogens is 226 g/mol. The molecule has 0 radical (unpaired) electrons. The lowest BCUT2D eigenvalue weighted by atomic mass is 10.2. The van der Waals surface area contributed by atoms with Gasteiger partial charge in [0.1, 0.15) is 5.75 Å². The highest BCUT2D eigenvalue weighted by Crippen LogP contribution is 2.28. The van der Waals surface area contributed by atoms with Crippen molar-refractivity contribution in [1.82, 2.24) is 5.32 Å². The lowest BCUT2D eigenvalue weighted by Gasteiger charge is -2.09. The number of nitro benzene ring substituents is 1. The number of hydrogen-bond acceptors (Lipinski definition) is 4. The third-order valence-electron chi connectivity index (χ3n) is 1.98.